The first kappa shape index (κ1) is 19.0. The summed E-state index contributed by atoms with van der Waals surface area (Å²) in [6, 6.07) is 13.9. The van der Waals surface area contributed by atoms with Gasteiger partial charge in [-0.3, -0.25) is 0 Å². The van der Waals surface area contributed by atoms with Gasteiger partial charge in [0.25, 0.3) is 0 Å². The Morgan fingerprint density at radius 3 is 1.50 bits per heavy atom. The van der Waals surface area contributed by atoms with Gasteiger partial charge in [-0.25, -0.2) is 9.59 Å². The number of carboxylic acids is 2. The van der Waals surface area contributed by atoms with Gasteiger partial charge in [-0.1, -0.05) is 60.7 Å². The van der Waals surface area contributed by atoms with E-state index in [-0.39, 0.29) is 28.7 Å². The molecule has 0 aromatic heterocycles. The van der Waals surface area contributed by atoms with E-state index in [2.05, 4.69) is 0 Å². The summed E-state index contributed by atoms with van der Waals surface area (Å²) in [5.41, 5.74) is 2.11. The lowest BCUT2D eigenvalue weighted by molar-refractivity contribution is 0.0682. The predicted octanol–water partition coefficient (Wildman–Crippen LogP) is 4.84. The third-order valence-electron chi connectivity index (χ3n) is 4.29. The van der Waals surface area contributed by atoms with Gasteiger partial charge in [0.2, 0.25) is 0 Å². The Bertz CT molecular complexity index is 1230. The molecule has 0 bridgehead atoms. The number of benzene rings is 3. The normalized spacial score (nSPS) is 11.7. The first-order chi connectivity index (χ1) is 14.7. The molecule has 6 nitrogen and oxygen atoms in total. The van der Waals surface area contributed by atoms with Gasteiger partial charge in [-0.2, -0.15) is 0 Å². The summed E-state index contributed by atoms with van der Waals surface area (Å²) in [4.78, 5) is 22.2. The van der Waals surface area contributed by atoms with E-state index in [4.69, 9.17) is 11.6 Å². The zero-order valence-electron chi connectivity index (χ0n) is 16.6. The lowest BCUT2D eigenvalue weighted by Gasteiger charge is -2.02. The summed E-state index contributed by atoms with van der Waals surface area (Å²) in [5.74, 6) is -3.07. The summed E-state index contributed by atoms with van der Waals surface area (Å²) < 4.78 is 8.19. The molecule has 3 rings (SSSR count). The van der Waals surface area contributed by atoms with E-state index in [1.165, 1.54) is 24.3 Å². The van der Waals surface area contributed by atoms with Crippen LogP contribution in [0.1, 0.15) is 44.3 Å². The molecule has 0 fully saturated rings. The van der Waals surface area contributed by atoms with Crippen LogP contribution in [0.2, 0.25) is 0 Å². The maximum Gasteiger partial charge on any atom is 0.339 e. The maximum atomic E-state index is 11.1. The van der Waals surface area contributed by atoms with Crippen LogP contribution in [0, 0.1) is 0 Å². The van der Waals surface area contributed by atoms with E-state index < -0.39 is 11.9 Å². The summed E-state index contributed by atoms with van der Waals surface area (Å²) in [5, 5.41) is 37.3. The third kappa shape index (κ3) is 4.94. The zero-order chi connectivity index (χ0) is 22.5. The van der Waals surface area contributed by atoms with Gasteiger partial charge in [-0.05, 0) is 46.5 Å². The fourth-order valence-corrected chi connectivity index (χ4v) is 2.69. The van der Waals surface area contributed by atoms with Crippen molar-refractivity contribution in [3.05, 3.63) is 94.0 Å². The van der Waals surface area contributed by atoms with E-state index in [1.807, 2.05) is 0 Å². The van der Waals surface area contributed by atoms with Crippen LogP contribution in [-0.4, -0.2) is 32.4 Å². The molecular formula is C24H18O6. The Morgan fingerprint density at radius 1 is 0.633 bits per heavy atom. The molecule has 0 amide bonds. The molecule has 0 saturated heterocycles. The minimum atomic E-state index is -1.23. The number of carboxylic acid groups (broad SMARTS) is 2. The minimum absolute atomic E-state index is 0.191. The van der Waals surface area contributed by atoms with E-state index >= 15 is 0 Å². The van der Waals surface area contributed by atoms with Crippen molar-refractivity contribution in [1.29, 1.82) is 0 Å². The van der Waals surface area contributed by atoms with Gasteiger partial charge < -0.3 is 20.4 Å². The third-order valence-corrected chi connectivity index (χ3v) is 4.29. The largest absolute Gasteiger partial charge is 0.507 e. The molecule has 0 heterocycles. The van der Waals surface area contributed by atoms with Crippen molar-refractivity contribution in [2.75, 3.05) is 0 Å². The molecule has 0 aliphatic heterocycles. The zero-order valence-corrected chi connectivity index (χ0v) is 15.6. The van der Waals surface area contributed by atoms with Gasteiger partial charge in [0, 0.05) is 0 Å². The highest BCUT2D eigenvalue weighted by atomic mass is 16.4. The van der Waals surface area contributed by atoms with Crippen molar-refractivity contribution < 1.29 is 31.4 Å². The summed E-state index contributed by atoms with van der Waals surface area (Å²) in [7, 11) is 0. The highest BCUT2D eigenvalue weighted by Crippen LogP contribution is 2.21. The van der Waals surface area contributed by atoms with Crippen LogP contribution in [0.5, 0.6) is 11.5 Å². The second-order valence-electron chi connectivity index (χ2n) is 6.41. The minimum Gasteiger partial charge on any atom is -0.507 e. The lowest BCUT2D eigenvalue weighted by Crippen LogP contribution is -1.96. The summed E-state index contributed by atoms with van der Waals surface area (Å²) in [6.07, 6.45) is 6.73. The lowest BCUT2D eigenvalue weighted by atomic mass is 10.1. The summed E-state index contributed by atoms with van der Waals surface area (Å²) >= 11 is 0. The molecule has 3 aromatic rings. The first-order valence-electron chi connectivity index (χ1n) is 9.34. The Labute approximate surface area is 173 Å². The molecule has 0 radical (unpaired) electrons. The molecule has 0 spiro atoms. The first-order valence-corrected chi connectivity index (χ1v) is 8.84. The molecule has 3 aromatic carbocycles. The van der Waals surface area contributed by atoms with Crippen LogP contribution in [0.15, 0.2) is 60.6 Å². The molecular weight excluding hydrogens is 384 g/mol. The topological polar surface area (TPSA) is 115 Å². The van der Waals surface area contributed by atoms with Gasteiger partial charge in [0.15, 0.2) is 0 Å². The van der Waals surface area contributed by atoms with Crippen LogP contribution in [0.25, 0.3) is 24.3 Å². The average Bonchev–Trinajstić information content (AvgIpc) is 2.73. The number of rotatable bonds is 6. The molecule has 0 atom stereocenters. The molecule has 0 unspecified atom stereocenters. The smallest absolute Gasteiger partial charge is 0.339 e. The summed E-state index contributed by atoms with van der Waals surface area (Å²) in [6.45, 7) is 0. The van der Waals surface area contributed by atoms with Crippen molar-refractivity contribution in [2.24, 2.45) is 0 Å². The average molecular weight is 404 g/mol. The van der Waals surface area contributed by atoms with Crippen molar-refractivity contribution in [2.45, 2.75) is 0 Å². The van der Waals surface area contributed by atoms with Crippen molar-refractivity contribution >= 4 is 36.2 Å². The van der Waals surface area contributed by atoms with Crippen molar-refractivity contribution in [3.8, 4) is 11.5 Å². The second-order valence-corrected chi connectivity index (χ2v) is 6.41. The molecule has 0 aliphatic rings. The highest BCUT2D eigenvalue weighted by Gasteiger charge is 2.09. The van der Waals surface area contributed by atoms with Crippen LogP contribution in [0.3, 0.4) is 0 Å². The quantitative estimate of drug-likeness (QED) is 0.437. The Hall–Kier alpha value is -4.32. The van der Waals surface area contributed by atoms with Crippen LogP contribution in [0.4, 0.5) is 0 Å². The second kappa shape index (κ2) is 8.79. The van der Waals surface area contributed by atoms with Crippen molar-refractivity contribution in [1.82, 2.24) is 0 Å². The van der Waals surface area contributed by atoms with Gasteiger partial charge >= 0.3 is 11.9 Å². The Balaban J connectivity index is 1.79. The number of hydrogen-bond donors (Lipinski definition) is 4. The Morgan fingerprint density at radius 2 is 1.03 bits per heavy atom. The fraction of sp³-hybridized carbons (Fsp3) is 0. The molecule has 4 N–H and O–H groups in total. The number of hydrogen-bond acceptors (Lipinski definition) is 4. The van der Waals surface area contributed by atoms with Crippen LogP contribution in [-0.2, 0) is 0 Å². The van der Waals surface area contributed by atoms with Crippen LogP contribution >= 0.6 is 0 Å². The van der Waals surface area contributed by atoms with E-state index in [1.54, 1.807) is 54.6 Å². The van der Waals surface area contributed by atoms with E-state index in [0.717, 1.165) is 5.56 Å². The monoisotopic (exact) mass is 404 g/mol. The highest BCUT2D eigenvalue weighted by molar-refractivity contribution is 5.92. The molecule has 0 aliphatic carbocycles. The SMILES string of the molecule is [3H]c1cc(/C=C/c2ccc(O)c(C(=O)O)c2)ccc1/C=C/c1ccc(O)c(C(=O)O)c1. The van der Waals surface area contributed by atoms with Gasteiger partial charge in [0.05, 0.1) is 1.37 Å². The van der Waals surface area contributed by atoms with E-state index in [9.17, 15) is 19.8 Å². The van der Waals surface area contributed by atoms with Gasteiger partial charge in [0.1, 0.15) is 22.6 Å². The Kier molecular flexibility index (Phi) is 5.57. The van der Waals surface area contributed by atoms with E-state index in [0.29, 0.717) is 16.7 Å². The molecule has 150 valence electrons. The molecule has 30 heavy (non-hydrogen) atoms. The predicted molar refractivity (Wildman–Crippen MR) is 114 cm³/mol. The standard InChI is InChI=1S/C24H18O6/c25-21-11-9-17(13-19(21)23(27)28)7-5-15-1-2-16(4-3-15)6-8-18-10-12-22(26)20(14-18)24(29)30/h1-14,25-26H,(H,27,28)(H,29,30)/b7-5+,8-6+/i1T. The molecule has 0 saturated carbocycles. The van der Waals surface area contributed by atoms with Crippen molar-refractivity contribution in [3.63, 3.8) is 0 Å². The maximum absolute atomic E-state index is 11.1. The number of carbonyl (C=O) groups is 2. The number of aromatic hydroxyl groups is 2. The van der Waals surface area contributed by atoms with Gasteiger partial charge in [-0.15, -0.1) is 0 Å². The number of aromatic carboxylic acids is 2. The molecule has 6 heteroatoms. The van der Waals surface area contributed by atoms with Crippen LogP contribution < -0.4 is 0 Å². The fourth-order valence-electron chi connectivity index (χ4n) is 2.69. The number of phenols is 2.